The molecule has 0 bridgehead atoms. The molecule has 27 heavy (non-hydrogen) atoms. The summed E-state index contributed by atoms with van der Waals surface area (Å²) in [4.78, 5) is 24.3. The van der Waals surface area contributed by atoms with Gasteiger partial charge in [-0.3, -0.25) is 4.79 Å². The van der Waals surface area contributed by atoms with Gasteiger partial charge in [-0.1, -0.05) is 24.3 Å². The molecule has 0 saturated carbocycles. The maximum Gasteiger partial charge on any atom is 0.338 e. The molecule has 0 radical (unpaired) electrons. The maximum atomic E-state index is 12.6. The Bertz CT molecular complexity index is 800. The van der Waals surface area contributed by atoms with E-state index in [-0.39, 0.29) is 17.9 Å². The summed E-state index contributed by atoms with van der Waals surface area (Å²) in [5.74, 6) is 0.0201. The van der Waals surface area contributed by atoms with Crippen LogP contribution in [0.1, 0.15) is 54.2 Å². The fourth-order valence-corrected chi connectivity index (χ4v) is 3.33. The first-order valence-electron chi connectivity index (χ1n) is 9.40. The van der Waals surface area contributed by atoms with Crippen LogP contribution in [0.2, 0.25) is 0 Å². The third-order valence-corrected chi connectivity index (χ3v) is 4.73. The van der Waals surface area contributed by atoms with Gasteiger partial charge in [-0.25, -0.2) is 4.79 Å². The van der Waals surface area contributed by atoms with Crippen molar-refractivity contribution in [3.63, 3.8) is 0 Å². The highest BCUT2D eigenvalue weighted by atomic mass is 16.5. The third-order valence-electron chi connectivity index (χ3n) is 4.73. The van der Waals surface area contributed by atoms with Crippen LogP contribution in [0.3, 0.4) is 0 Å². The van der Waals surface area contributed by atoms with Gasteiger partial charge in [0.25, 0.3) is 5.91 Å². The minimum absolute atomic E-state index is 0.0275. The van der Waals surface area contributed by atoms with Crippen LogP contribution in [-0.4, -0.2) is 24.6 Å². The Hall–Kier alpha value is -2.82. The second-order valence-corrected chi connectivity index (χ2v) is 6.66. The number of nitrogens with one attached hydrogen (secondary N) is 1. The van der Waals surface area contributed by atoms with Crippen molar-refractivity contribution in [1.29, 1.82) is 0 Å². The molecule has 0 unspecified atom stereocenters. The largest absolute Gasteiger partial charge is 0.481 e. The molecule has 0 fully saturated rings. The molecular weight excluding hydrogens is 342 g/mol. The van der Waals surface area contributed by atoms with Gasteiger partial charge in [0.1, 0.15) is 5.75 Å². The van der Waals surface area contributed by atoms with Crippen molar-refractivity contribution in [1.82, 2.24) is 5.32 Å². The summed E-state index contributed by atoms with van der Waals surface area (Å²) in [6.45, 7) is 3.82. The van der Waals surface area contributed by atoms with Crippen LogP contribution < -0.4 is 10.1 Å². The van der Waals surface area contributed by atoms with Gasteiger partial charge in [-0.15, -0.1) is 0 Å². The zero-order valence-electron chi connectivity index (χ0n) is 15.7. The maximum absolute atomic E-state index is 12.6. The van der Waals surface area contributed by atoms with Gasteiger partial charge < -0.3 is 14.8 Å². The van der Waals surface area contributed by atoms with Gasteiger partial charge in [0, 0.05) is 0 Å². The highest BCUT2D eigenvalue weighted by Gasteiger charge is 2.24. The molecule has 0 spiro atoms. The van der Waals surface area contributed by atoms with Crippen LogP contribution in [0.15, 0.2) is 48.5 Å². The second-order valence-electron chi connectivity index (χ2n) is 6.66. The van der Waals surface area contributed by atoms with Crippen molar-refractivity contribution in [3.05, 3.63) is 65.2 Å². The fraction of sp³-hybridized carbons (Fsp3) is 0.364. The predicted octanol–water partition coefficient (Wildman–Crippen LogP) is 3.82. The minimum Gasteiger partial charge on any atom is -0.481 e. The lowest BCUT2D eigenvalue weighted by molar-refractivity contribution is -0.128. The number of rotatable bonds is 6. The highest BCUT2D eigenvalue weighted by Crippen LogP contribution is 2.29. The average Bonchev–Trinajstić information content (AvgIpc) is 2.69. The van der Waals surface area contributed by atoms with Gasteiger partial charge >= 0.3 is 5.97 Å². The van der Waals surface area contributed by atoms with Gasteiger partial charge in [-0.2, -0.15) is 0 Å². The van der Waals surface area contributed by atoms with E-state index in [1.807, 2.05) is 12.1 Å². The fourth-order valence-electron chi connectivity index (χ4n) is 3.33. The summed E-state index contributed by atoms with van der Waals surface area (Å²) >= 11 is 0. The minimum atomic E-state index is -0.632. The van der Waals surface area contributed by atoms with E-state index in [1.165, 1.54) is 11.1 Å². The van der Waals surface area contributed by atoms with Crippen molar-refractivity contribution >= 4 is 11.9 Å². The summed E-state index contributed by atoms with van der Waals surface area (Å²) < 4.78 is 10.7. The van der Waals surface area contributed by atoms with Gasteiger partial charge in [0.05, 0.1) is 18.2 Å². The van der Waals surface area contributed by atoms with Crippen molar-refractivity contribution in [2.75, 3.05) is 6.61 Å². The first kappa shape index (κ1) is 19.0. The Morgan fingerprint density at radius 1 is 1.15 bits per heavy atom. The first-order chi connectivity index (χ1) is 13.1. The van der Waals surface area contributed by atoms with Crippen LogP contribution >= 0.6 is 0 Å². The molecule has 2 atom stereocenters. The van der Waals surface area contributed by atoms with Gasteiger partial charge in [0.15, 0.2) is 6.10 Å². The van der Waals surface area contributed by atoms with Crippen LogP contribution in [0, 0.1) is 0 Å². The van der Waals surface area contributed by atoms with E-state index in [4.69, 9.17) is 9.47 Å². The van der Waals surface area contributed by atoms with E-state index in [0.29, 0.717) is 17.9 Å². The van der Waals surface area contributed by atoms with E-state index >= 15 is 0 Å². The number of fused-ring (bicyclic) bond motifs is 1. The molecule has 1 amide bonds. The Morgan fingerprint density at radius 3 is 2.63 bits per heavy atom. The molecule has 0 aromatic heterocycles. The van der Waals surface area contributed by atoms with E-state index in [2.05, 4.69) is 17.4 Å². The van der Waals surface area contributed by atoms with E-state index in [1.54, 1.807) is 38.1 Å². The lowest BCUT2D eigenvalue weighted by Gasteiger charge is -2.27. The van der Waals surface area contributed by atoms with Crippen molar-refractivity contribution in [2.45, 2.75) is 45.3 Å². The number of amides is 1. The standard InChI is InChI=1S/C22H25NO4/c1-3-26-22(25)17-11-13-18(14-12-17)27-15(2)21(24)23-20-10-6-8-16-7-4-5-9-19(16)20/h4-5,7,9,11-15,20H,3,6,8,10H2,1-2H3,(H,23,24)/t15-,20+/m0/s1. The van der Waals surface area contributed by atoms with Crippen molar-refractivity contribution < 1.29 is 19.1 Å². The number of hydrogen-bond acceptors (Lipinski definition) is 4. The lowest BCUT2D eigenvalue weighted by atomic mass is 9.87. The Kier molecular flexibility index (Phi) is 6.12. The summed E-state index contributed by atoms with van der Waals surface area (Å²) in [7, 11) is 0. The molecule has 0 heterocycles. The molecule has 1 aliphatic carbocycles. The predicted molar refractivity (Wildman–Crippen MR) is 103 cm³/mol. The monoisotopic (exact) mass is 367 g/mol. The molecular formula is C22H25NO4. The lowest BCUT2D eigenvalue weighted by Crippen LogP contribution is -2.39. The van der Waals surface area contributed by atoms with E-state index < -0.39 is 6.10 Å². The van der Waals surface area contributed by atoms with Crippen molar-refractivity contribution in [2.24, 2.45) is 0 Å². The van der Waals surface area contributed by atoms with Crippen LogP contribution in [0.25, 0.3) is 0 Å². The number of carbonyl (C=O) groups is 2. The molecule has 2 aromatic carbocycles. The summed E-state index contributed by atoms with van der Waals surface area (Å²) in [6, 6.07) is 14.9. The Morgan fingerprint density at radius 2 is 1.89 bits per heavy atom. The number of carbonyl (C=O) groups excluding carboxylic acids is 2. The molecule has 0 aliphatic heterocycles. The zero-order chi connectivity index (χ0) is 19.2. The molecule has 1 aliphatic rings. The SMILES string of the molecule is CCOC(=O)c1ccc(O[C@@H](C)C(=O)N[C@@H]2CCCc3ccccc32)cc1. The first-order valence-corrected chi connectivity index (χ1v) is 9.40. The van der Waals surface area contributed by atoms with E-state index in [9.17, 15) is 9.59 Å². The average molecular weight is 367 g/mol. The number of hydrogen-bond donors (Lipinski definition) is 1. The summed E-state index contributed by atoms with van der Waals surface area (Å²) in [5.41, 5.74) is 2.96. The topological polar surface area (TPSA) is 64.6 Å². The number of aryl methyl sites for hydroxylation is 1. The molecule has 5 nitrogen and oxygen atoms in total. The van der Waals surface area contributed by atoms with Crippen molar-refractivity contribution in [3.8, 4) is 5.75 Å². The highest BCUT2D eigenvalue weighted by molar-refractivity contribution is 5.89. The smallest absolute Gasteiger partial charge is 0.338 e. The van der Waals surface area contributed by atoms with Gasteiger partial charge in [-0.05, 0) is 68.5 Å². The van der Waals surface area contributed by atoms with Gasteiger partial charge in [0.2, 0.25) is 0 Å². The molecule has 0 saturated heterocycles. The molecule has 2 aromatic rings. The number of benzene rings is 2. The Balaban J connectivity index is 1.59. The van der Waals surface area contributed by atoms with Crippen LogP contribution in [0.5, 0.6) is 5.75 Å². The van der Waals surface area contributed by atoms with Crippen LogP contribution in [0.4, 0.5) is 0 Å². The molecule has 3 rings (SSSR count). The molecule has 1 N–H and O–H groups in total. The Labute approximate surface area is 159 Å². The zero-order valence-corrected chi connectivity index (χ0v) is 15.7. The second kappa shape index (κ2) is 8.71. The molecule has 142 valence electrons. The van der Waals surface area contributed by atoms with Crippen LogP contribution in [-0.2, 0) is 16.0 Å². The van der Waals surface area contributed by atoms with E-state index in [0.717, 1.165) is 19.3 Å². The quantitative estimate of drug-likeness (QED) is 0.788. The molecule has 5 heteroatoms. The normalized spacial score (nSPS) is 16.7. The number of ether oxygens (including phenoxy) is 2. The summed E-state index contributed by atoms with van der Waals surface area (Å²) in [6.07, 6.45) is 2.42. The number of esters is 1. The summed E-state index contributed by atoms with van der Waals surface area (Å²) in [5, 5.41) is 3.10. The third kappa shape index (κ3) is 4.67.